The number of aromatic amines is 4. The summed E-state index contributed by atoms with van der Waals surface area (Å²) in [5.41, 5.74) is -1.17. The lowest BCUT2D eigenvalue weighted by molar-refractivity contribution is -0.173. The van der Waals surface area contributed by atoms with E-state index in [1.165, 1.54) is 18.6 Å². The molecule has 0 unspecified atom stereocenters. The zero-order chi connectivity index (χ0) is 79.5. The van der Waals surface area contributed by atoms with Crippen LogP contribution in [0.25, 0.3) is 0 Å². The van der Waals surface area contributed by atoms with Gasteiger partial charge in [-0.2, -0.15) is 13.2 Å². The van der Waals surface area contributed by atoms with Crippen LogP contribution in [0.3, 0.4) is 0 Å². The van der Waals surface area contributed by atoms with Crippen LogP contribution in [0.2, 0.25) is 0 Å². The number of carbonyl (C=O) groups excluding carboxylic acids is 3. The van der Waals surface area contributed by atoms with Crippen LogP contribution in [0.1, 0.15) is 67.3 Å². The summed E-state index contributed by atoms with van der Waals surface area (Å²) in [6.45, 7) is 9.49. The minimum absolute atomic E-state index is 0.00462. The number of nitrogens with one attached hydrogen (secondary N) is 5. The van der Waals surface area contributed by atoms with E-state index in [-0.39, 0.29) is 35.4 Å². The molecule has 0 spiro atoms. The third-order valence-corrected chi connectivity index (χ3v) is 22.5. The highest BCUT2D eigenvalue weighted by Gasteiger charge is 2.48. The van der Waals surface area contributed by atoms with Crippen LogP contribution >= 0.6 is 27.5 Å². The maximum Gasteiger partial charge on any atom is 0.471 e. The fraction of sp³-hybridized carbons (Fsp3) is 0.629. The number of halogens is 3. The van der Waals surface area contributed by atoms with Crippen molar-refractivity contribution in [1.29, 1.82) is 0 Å². The van der Waals surface area contributed by atoms with Gasteiger partial charge in [0.1, 0.15) is 48.8 Å². The lowest BCUT2D eigenvalue weighted by Crippen LogP contribution is -2.41. The molecule has 4 aromatic rings. The molecular formula is C62H97F3N10O26P4. The smallest absolute Gasteiger partial charge is 0.471 e. The van der Waals surface area contributed by atoms with Crippen molar-refractivity contribution in [2.75, 3.05) is 98.8 Å². The zero-order valence-electron chi connectivity index (χ0n) is 59.6. The molecule has 4 saturated heterocycles. The number of alkyl halides is 3. The molecule has 105 heavy (non-hydrogen) atoms. The highest BCUT2D eigenvalue weighted by atomic mass is 31.2. The number of hydrogen-bond donors (Lipinski definition) is 14. The standard InChI is InChI=1S/C16H23F3N3O6P.C16H25N2O8P.C16H25N2O7P.C14H24N3O5P/c1-29(2,3)5-4-9-10(23)11(24)13(28-9)22-7-8(12(25)21-15(22)27)6-20-14(26)16(17,18)19;1-24-11(19)8-25-10-7-18(16(23)17-14(10)22)15-13(21)12(20)9(26-15)5-6-27(2,3)4;1-24-11(19)7-9-8-18(16(23)17-14(9)22)15-13(21)12(20)10(25-15)5-6-26(2,3)4;1-23(2,3)5-4-9-10(18)11(19)13(22-9)17-7-8(6-15)12(20)16-14(17)21/h7,9-11,13,23-24H,1,4-6H2,2-3H3,(H,20,26)(H,21,25,27);7,9,12-13,15,20-21H,2,5-6,8H2,1,3-4H3,(H,17,22,23);8,10,12-13,15,20-21H,2,5-7H2,1,3-4H3,(H,17,22,23);7,9-11,13,18-19H,1,4-6,15H2,2-3H3,(H,16,20,21)/t9-,10-,11-,13-;9-,12-,13-,15-;10-,12-,13-,15-;9-,10-,11-,13-/m1111/s1. The number of H-pyrrole nitrogens is 4. The van der Waals surface area contributed by atoms with E-state index in [0.29, 0.717) is 31.8 Å². The van der Waals surface area contributed by atoms with Gasteiger partial charge < -0.3 is 85.1 Å². The molecule has 592 valence electrons. The molecular weight excluding hydrogens is 1480 g/mol. The molecule has 0 aliphatic carbocycles. The molecule has 15 N–H and O–H groups in total. The number of nitrogens with zero attached hydrogens (tertiary/aromatic N) is 4. The Morgan fingerprint density at radius 1 is 0.476 bits per heavy atom. The molecule has 16 atom stereocenters. The Balaban J connectivity index is 0.000000252. The Bertz CT molecular complexity index is 4410. The van der Waals surface area contributed by atoms with E-state index in [0.717, 1.165) is 62.5 Å². The molecule has 0 saturated carbocycles. The van der Waals surface area contributed by atoms with Crippen LogP contribution < -0.4 is 60.8 Å². The monoisotopic (exact) mass is 1580 g/mol. The van der Waals surface area contributed by atoms with Gasteiger partial charge in [0.25, 0.3) is 22.2 Å². The van der Waals surface area contributed by atoms with Gasteiger partial charge in [0.15, 0.2) is 31.5 Å². The summed E-state index contributed by atoms with van der Waals surface area (Å²) in [4.78, 5) is 137. The van der Waals surface area contributed by atoms with Crippen LogP contribution in [0.5, 0.6) is 5.75 Å². The quantitative estimate of drug-likeness (QED) is 0.0234. The first-order valence-electron chi connectivity index (χ1n) is 32.4. The fourth-order valence-electron chi connectivity index (χ4n) is 10.7. The lowest BCUT2D eigenvalue weighted by Gasteiger charge is -2.19. The van der Waals surface area contributed by atoms with E-state index < -0.39 is 208 Å². The third kappa shape index (κ3) is 25.2. The average Bonchev–Trinajstić information content (AvgIpc) is 1.68. The molecule has 0 radical (unpaired) electrons. The number of aliphatic hydroxyl groups is 8. The van der Waals surface area contributed by atoms with Gasteiger partial charge in [-0.15, -0.1) is 52.7 Å². The zero-order valence-corrected chi connectivity index (χ0v) is 63.2. The van der Waals surface area contributed by atoms with Crippen molar-refractivity contribution in [3.05, 3.63) is 125 Å². The number of ether oxygens (including phenoxy) is 7. The summed E-state index contributed by atoms with van der Waals surface area (Å²) in [6.07, 6.45) is 2.27. The number of nitrogens with two attached hydrogens (primary N) is 1. The second-order valence-corrected chi connectivity index (χ2v) is 45.4. The highest BCUT2D eigenvalue weighted by molar-refractivity contribution is 7.73. The molecule has 4 aliphatic rings. The Morgan fingerprint density at radius 3 is 1.07 bits per heavy atom. The van der Waals surface area contributed by atoms with Crippen LogP contribution in [0, 0.1) is 0 Å². The summed E-state index contributed by atoms with van der Waals surface area (Å²) >= 11 is 0. The topological polar surface area (TPSA) is 535 Å². The van der Waals surface area contributed by atoms with Gasteiger partial charge in [-0.05, 0) is 104 Å². The Kier molecular flexibility index (Phi) is 31.4. The molecule has 8 rings (SSSR count). The van der Waals surface area contributed by atoms with Crippen molar-refractivity contribution in [3.63, 3.8) is 0 Å². The molecule has 0 bridgehead atoms. The summed E-state index contributed by atoms with van der Waals surface area (Å²) in [7, 11) is 2.35. The van der Waals surface area contributed by atoms with Crippen LogP contribution in [-0.4, -0.2) is 300 Å². The van der Waals surface area contributed by atoms with Crippen molar-refractivity contribution < 1.29 is 102 Å². The predicted octanol–water partition coefficient (Wildman–Crippen LogP) is -4.08. The van der Waals surface area contributed by atoms with Crippen molar-refractivity contribution in [2.24, 2.45) is 5.73 Å². The molecule has 1 amide bonds. The highest BCUT2D eigenvalue weighted by Crippen LogP contribution is 2.43. The number of hydrogen-bond acceptors (Lipinski definition) is 27. The number of rotatable bonds is 24. The van der Waals surface area contributed by atoms with Gasteiger partial charge in [0, 0.05) is 42.8 Å². The van der Waals surface area contributed by atoms with Gasteiger partial charge in [-0.25, -0.2) is 24.0 Å². The molecule has 4 aliphatic heterocycles. The van der Waals surface area contributed by atoms with Gasteiger partial charge in [0.2, 0.25) is 5.75 Å². The van der Waals surface area contributed by atoms with Crippen molar-refractivity contribution in [1.82, 2.24) is 43.5 Å². The summed E-state index contributed by atoms with van der Waals surface area (Å²) in [5.74, 6) is -3.92. The number of amides is 1. The molecule has 4 fully saturated rings. The van der Waals surface area contributed by atoms with Crippen LogP contribution in [-0.2, 0) is 62.3 Å². The van der Waals surface area contributed by atoms with E-state index in [4.69, 9.17) is 29.4 Å². The Hall–Kier alpha value is -6.60. The number of aromatic nitrogens is 8. The van der Waals surface area contributed by atoms with Crippen molar-refractivity contribution in [2.45, 2.75) is 150 Å². The Morgan fingerprint density at radius 2 is 0.762 bits per heavy atom. The van der Waals surface area contributed by atoms with Crippen LogP contribution in [0.4, 0.5) is 13.2 Å². The lowest BCUT2D eigenvalue weighted by atomic mass is 10.1. The fourth-order valence-corrected chi connectivity index (χ4v) is 14.5. The molecule has 0 aromatic carbocycles. The SMILES string of the molecule is C=P(C)(C)CC[C@H]1O[C@@H](n2cc(CC(=O)OC)c(=O)[nH]c2=O)[C@H](O)[C@@H]1O.C=P(C)(C)CC[C@H]1O[C@@H](n2cc(CN)c(=O)[nH]c2=O)[C@H](O)[C@@H]1O.C=P(C)(C)CC[C@H]1O[C@@H](n2cc(CNC(=O)C(F)(F)F)c(=O)[nH]c2=O)[C@H](O)[C@@H]1O.C=P(C)(C)CC[C@H]1O[C@@H](n2cc(OCC(=O)OC)c(=O)[nH]c2=O)[C@H](O)[C@@H]1O. The molecule has 8 heterocycles. The third-order valence-electron chi connectivity index (χ3n) is 16.6. The molecule has 43 heteroatoms. The summed E-state index contributed by atoms with van der Waals surface area (Å²) in [5, 5.41) is 83.5. The molecule has 36 nitrogen and oxygen atoms in total. The number of carbonyl (C=O) groups is 3. The maximum atomic E-state index is 12.3. The van der Waals surface area contributed by atoms with Gasteiger partial charge in [-0.1, -0.05) is 0 Å². The van der Waals surface area contributed by atoms with Crippen molar-refractivity contribution in [3.8, 4) is 5.75 Å². The molecule has 4 aromatic heterocycles. The average molecular weight is 1580 g/mol. The van der Waals surface area contributed by atoms with Gasteiger partial charge >= 0.3 is 46.8 Å². The largest absolute Gasteiger partial charge is 0.475 e. The van der Waals surface area contributed by atoms with Crippen molar-refractivity contribution >= 4 is 70.6 Å². The first-order valence-corrected chi connectivity index (χ1v) is 44.6. The summed E-state index contributed by atoms with van der Waals surface area (Å²) < 4.78 is 77.3. The first kappa shape index (κ1) is 89.0. The van der Waals surface area contributed by atoms with Gasteiger partial charge in [0.05, 0.1) is 56.8 Å². The minimum atomic E-state index is -5.13. The predicted molar refractivity (Wildman–Crippen MR) is 390 cm³/mol. The number of esters is 2. The maximum absolute atomic E-state index is 12.3. The normalized spacial score (nSPS) is 26.1. The number of aliphatic hydroxyl groups excluding tert-OH is 8. The van der Waals surface area contributed by atoms with E-state index in [1.807, 2.05) is 50.0 Å². The van der Waals surface area contributed by atoms with E-state index in [1.54, 1.807) is 0 Å². The number of methoxy groups -OCH3 is 2. The van der Waals surface area contributed by atoms with E-state index in [2.05, 4.69) is 58.0 Å². The Labute approximate surface area is 598 Å². The summed E-state index contributed by atoms with van der Waals surface area (Å²) in [6, 6.07) is 0. The van der Waals surface area contributed by atoms with Crippen LogP contribution in [0.15, 0.2) is 63.1 Å². The minimum Gasteiger partial charge on any atom is -0.475 e. The first-order chi connectivity index (χ1) is 48.4. The van der Waals surface area contributed by atoms with E-state index in [9.17, 15) is 107 Å². The van der Waals surface area contributed by atoms with Gasteiger partial charge in [-0.3, -0.25) is 67.0 Å². The second-order valence-electron chi connectivity index (χ2n) is 28.1. The van der Waals surface area contributed by atoms with E-state index >= 15 is 0 Å². The second kappa shape index (κ2) is 37.0.